The third-order valence-electron chi connectivity index (χ3n) is 4.28. The SMILES string of the molecule is CC(C)(C)OC(=O)N1CCc2cc(NCc3ccc(Cl)cc3)ccc2C1. The highest BCUT2D eigenvalue weighted by atomic mass is 35.5. The number of hydrogen-bond donors (Lipinski definition) is 1. The van der Waals surface area contributed by atoms with Crippen LogP contribution in [-0.4, -0.2) is 23.1 Å². The summed E-state index contributed by atoms with van der Waals surface area (Å²) >= 11 is 5.92. The van der Waals surface area contributed by atoms with E-state index in [1.54, 1.807) is 4.90 Å². The molecule has 0 bridgehead atoms. The van der Waals surface area contributed by atoms with Crippen LogP contribution in [0.15, 0.2) is 42.5 Å². The van der Waals surface area contributed by atoms with Gasteiger partial charge in [0.05, 0.1) is 0 Å². The number of rotatable bonds is 3. The first-order valence-corrected chi connectivity index (χ1v) is 9.26. The fourth-order valence-corrected chi connectivity index (χ4v) is 3.08. The van der Waals surface area contributed by atoms with Crippen LogP contribution < -0.4 is 5.32 Å². The second-order valence-corrected chi connectivity index (χ2v) is 8.05. The fourth-order valence-electron chi connectivity index (χ4n) is 2.95. The third kappa shape index (κ3) is 4.92. The van der Waals surface area contributed by atoms with E-state index in [1.165, 1.54) is 16.7 Å². The van der Waals surface area contributed by atoms with Gasteiger partial charge in [0.1, 0.15) is 5.60 Å². The van der Waals surface area contributed by atoms with Gasteiger partial charge >= 0.3 is 6.09 Å². The molecule has 0 atom stereocenters. The van der Waals surface area contributed by atoms with Crippen molar-refractivity contribution in [1.82, 2.24) is 4.90 Å². The van der Waals surface area contributed by atoms with E-state index in [0.717, 1.165) is 23.7 Å². The van der Waals surface area contributed by atoms with E-state index >= 15 is 0 Å². The van der Waals surface area contributed by atoms with Crippen molar-refractivity contribution in [3.8, 4) is 0 Å². The lowest BCUT2D eigenvalue weighted by Gasteiger charge is -2.31. The quantitative estimate of drug-likeness (QED) is 0.800. The zero-order valence-corrected chi connectivity index (χ0v) is 16.3. The second kappa shape index (κ2) is 7.58. The summed E-state index contributed by atoms with van der Waals surface area (Å²) in [5.74, 6) is 0. The molecule has 0 fully saturated rings. The van der Waals surface area contributed by atoms with Gasteiger partial charge in [0, 0.05) is 30.3 Å². The molecule has 0 saturated heterocycles. The molecule has 1 N–H and O–H groups in total. The Labute approximate surface area is 160 Å². The van der Waals surface area contributed by atoms with Gasteiger partial charge < -0.3 is 15.0 Å². The van der Waals surface area contributed by atoms with Crippen LogP contribution in [0.25, 0.3) is 0 Å². The van der Waals surface area contributed by atoms with E-state index in [1.807, 2.05) is 45.0 Å². The summed E-state index contributed by atoms with van der Waals surface area (Å²) in [5, 5.41) is 4.19. The second-order valence-electron chi connectivity index (χ2n) is 7.62. The number of ether oxygens (including phenoxy) is 1. The molecule has 1 aliphatic heterocycles. The number of nitrogens with one attached hydrogen (secondary N) is 1. The van der Waals surface area contributed by atoms with Crippen LogP contribution in [0.4, 0.5) is 10.5 Å². The highest BCUT2D eigenvalue weighted by molar-refractivity contribution is 6.30. The topological polar surface area (TPSA) is 41.6 Å². The Bertz CT molecular complexity index is 782. The highest BCUT2D eigenvalue weighted by Crippen LogP contribution is 2.24. The summed E-state index contributed by atoms with van der Waals surface area (Å²) in [7, 11) is 0. The summed E-state index contributed by atoms with van der Waals surface area (Å²) in [6.07, 6.45) is 0.596. The molecule has 0 saturated carbocycles. The van der Waals surface area contributed by atoms with Crippen LogP contribution in [0.3, 0.4) is 0 Å². The standard InChI is InChI=1S/C21H25ClN2O2/c1-21(2,3)26-20(25)24-11-10-16-12-19(9-6-17(16)14-24)23-13-15-4-7-18(22)8-5-15/h4-9,12,23H,10-11,13-14H2,1-3H3. The minimum Gasteiger partial charge on any atom is -0.444 e. The molecule has 0 spiro atoms. The predicted molar refractivity (Wildman–Crippen MR) is 106 cm³/mol. The zero-order chi connectivity index (χ0) is 18.7. The maximum absolute atomic E-state index is 12.3. The van der Waals surface area contributed by atoms with Crippen molar-refractivity contribution >= 4 is 23.4 Å². The molecule has 1 heterocycles. The van der Waals surface area contributed by atoms with Crippen LogP contribution in [0.2, 0.25) is 5.02 Å². The maximum atomic E-state index is 12.3. The number of fused-ring (bicyclic) bond motifs is 1. The highest BCUT2D eigenvalue weighted by Gasteiger charge is 2.25. The van der Waals surface area contributed by atoms with E-state index in [0.29, 0.717) is 13.1 Å². The normalized spacial score (nSPS) is 13.9. The fraction of sp³-hybridized carbons (Fsp3) is 0.381. The van der Waals surface area contributed by atoms with Crippen molar-refractivity contribution in [2.75, 3.05) is 11.9 Å². The molecule has 2 aromatic carbocycles. The number of carbonyl (C=O) groups excluding carboxylic acids is 1. The van der Waals surface area contributed by atoms with Gasteiger partial charge in [0.15, 0.2) is 0 Å². The summed E-state index contributed by atoms with van der Waals surface area (Å²) in [6, 6.07) is 14.2. The number of hydrogen-bond acceptors (Lipinski definition) is 3. The lowest BCUT2D eigenvalue weighted by molar-refractivity contribution is 0.0224. The van der Waals surface area contributed by atoms with Crippen LogP contribution in [0.5, 0.6) is 0 Å². The van der Waals surface area contributed by atoms with Gasteiger partial charge in [0.25, 0.3) is 0 Å². The summed E-state index contributed by atoms with van der Waals surface area (Å²) in [5.41, 5.74) is 4.27. The first kappa shape index (κ1) is 18.6. The monoisotopic (exact) mass is 372 g/mol. The number of benzene rings is 2. The van der Waals surface area contributed by atoms with Crippen molar-refractivity contribution < 1.29 is 9.53 Å². The molecule has 0 unspecified atom stereocenters. The van der Waals surface area contributed by atoms with Crippen LogP contribution in [0, 0.1) is 0 Å². The van der Waals surface area contributed by atoms with Crippen molar-refractivity contribution in [1.29, 1.82) is 0 Å². The molecule has 2 aromatic rings. The minimum absolute atomic E-state index is 0.243. The first-order valence-electron chi connectivity index (χ1n) is 8.88. The molecular formula is C21H25ClN2O2. The van der Waals surface area contributed by atoms with Gasteiger partial charge in [-0.1, -0.05) is 29.8 Å². The number of halogens is 1. The average molecular weight is 373 g/mol. The van der Waals surface area contributed by atoms with E-state index in [2.05, 4.69) is 23.5 Å². The number of carbonyl (C=O) groups is 1. The first-order chi connectivity index (χ1) is 12.3. The van der Waals surface area contributed by atoms with Gasteiger partial charge in [-0.05, 0) is 68.1 Å². The Hall–Kier alpha value is -2.20. The Kier molecular flexibility index (Phi) is 5.42. The molecule has 0 radical (unpaired) electrons. The lowest BCUT2D eigenvalue weighted by atomic mass is 9.99. The molecule has 5 heteroatoms. The average Bonchev–Trinajstić information content (AvgIpc) is 2.59. The van der Waals surface area contributed by atoms with E-state index in [9.17, 15) is 4.79 Å². The summed E-state index contributed by atoms with van der Waals surface area (Å²) < 4.78 is 5.48. The van der Waals surface area contributed by atoms with Gasteiger partial charge in [-0.2, -0.15) is 0 Å². The number of nitrogens with zero attached hydrogens (tertiary/aromatic N) is 1. The molecule has 138 valence electrons. The maximum Gasteiger partial charge on any atom is 0.410 e. The molecule has 3 rings (SSSR count). The van der Waals surface area contributed by atoms with Gasteiger partial charge in [-0.25, -0.2) is 4.79 Å². The Morgan fingerprint density at radius 2 is 1.88 bits per heavy atom. The smallest absolute Gasteiger partial charge is 0.410 e. The molecule has 26 heavy (non-hydrogen) atoms. The zero-order valence-electron chi connectivity index (χ0n) is 15.5. The molecule has 1 amide bonds. The number of anilines is 1. The van der Waals surface area contributed by atoms with Crippen LogP contribution >= 0.6 is 11.6 Å². The van der Waals surface area contributed by atoms with Crippen molar-refractivity contribution in [2.45, 2.75) is 45.9 Å². The molecule has 1 aliphatic rings. The van der Waals surface area contributed by atoms with E-state index < -0.39 is 5.60 Å². The Morgan fingerprint density at radius 3 is 2.58 bits per heavy atom. The summed E-state index contributed by atoms with van der Waals surface area (Å²) in [6.45, 7) is 7.70. The minimum atomic E-state index is -0.465. The lowest BCUT2D eigenvalue weighted by Crippen LogP contribution is -2.39. The Morgan fingerprint density at radius 1 is 1.15 bits per heavy atom. The van der Waals surface area contributed by atoms with Gasteiger partial charge in [0.2, 0.25) is 0 Å². The van der Waals surface area contributed by atoms with Crippen molar-refractivity contribution in [2.24, 2.45) is 0 Å². The van der Waals surface area contributed by atoms with Crippen molar-refractivity contribution in [3.63, 3.8) is 0 Å². The summed E-state index contributed by atoms with van der Waals surface area (Å²) in [4.78, 5) is 14.0. The predicted octanol–water partition coefficient (Wildman–Crippen LogP) is 5.25. The van der Waals surface area contributed by atoms with Crippen LogP contribution in [-0.2, 0) is 24.2 Å². The molecule has 4 nitrogen and oxygen atoms in total. The van der Waals surface area contributed by atoms with Crippen LogP contribution in [0.1, 0.15) is 37.5 Å². The third-order valence-corrected chi connectivity index (χ3v) is 4.53. The van der Waals surface area contributed by atoms with E-state index in [-0.39, 0.29) is 6.09 Å². The van der Waals surface area contributed by atoms with Crippen molar-refractivity contribution in [3.05, 3.63) is 64.2 Å². The molecule has 0 aliphatic carbocycles. The van der Waals surface area contributed by atoms with E-state index in [4.69, 9.17) is 16.3 Å². The number of amides is 1. The molecule has 0 aromatic heterocycles. The molecular weight excluding hydrogens is 348 g/mol. The van der Waals surface area contributed by atoms with Gasteiger partial charge in [-0.3, -0.25) is 0 Å². The largest absolute Gasteiger partial charge is 0.444 e. The Balaban J connectivity index is 1.61. The van der Waals surface area contributed by atoms with Gasteiger partial charge in [-0.15, -0.1) is 0 Å².